The SMILES string of the molecule is O=C1c2ccccc2C(=O)N1Cc1ccc(Cl)c(C2CCNCC2)c1. The molecule has 1 fully saturated rings. The highest BCUT2D eigenvalue weighted by Gasteiger charge is 2.35. The van der Waals surface area contributed by atoms with Gasteiger partial charge in [-0.05, 0) is 61.2 Å². The van der Waals surface area contributed by atoms with E-state index < -0.39 is 0 Å². The molecule has 0 spiro atoms. The number of rotatable bonds is 3. The molecular formula is C20H19ClN2O2. The van der Waals surface area contributed by atoms with Crippen molar-refractivity contribution in [1.29, 1.82) is 0 Å². The Kier molecular flexibility index (Phi) is 4.32. The van der Waals surface area contributed by atoms with Crippen molar-refractivity contribution in [2.45, 2.75) is 25.3 Å². The molecule has 2 heterocycles. The van der Waals surface area contributed by atoms with Gasteiger partial charge >= 0.3 is 0 Å². The Morgan fingerprint density at radius 1 is 1.00 bits per heavy atom. The van der Waals surface area contributed by atoms with Gasteiger partial charge in [0.1, 0.15) is 0 Å². The van der Waals surface area contributed by atoms with E-state index in [1.165, 1.54) is 4.90 Å². The Labute approximate surface area is 151 Å². The fourth-order valence-corrected chi connectivity index (χ4v) is 3.97. The molecule has 25 heavy (non-hydrogen) atoms. The number of amides is 2. The maximum Gasteiger partial charge on any atom is 0.261 e. The van der Waals surface area contributed by atoms with Gasteiger partial charge in [0.15, 0.2) is 0 Å². The lowest BCUT2D eigenvalue weighted by atomic mass is 9.89. The first kappa shape index (κ1) is 16.3. The summed E-state index contributed by atoms with van der Waals surface area (Å²) >= 11 is 6.41. The number of nitrogens with zero attached hydrogens (tertiary/aromatic N) is 1. The summed E-state index contributed by atoms with van der Waals surface area (Å²) in [7, 11) is 0. The molecule has 2 aliphatic heterocycles. The number of nitrogens with one attached hydrogen (secondary N) is 1. The van der Waals surface area contributed by atoms with Crippen molar-refractivity contribution in [1.82, 2.24) is 10.2 Å². The maximum absolute atomic E-state index is 12.5. The minimum atomic E-state index is -0.223. The topological polar surface area (TPSA) is 49.4 Å². The van der Waals surface area contributed by atoms with Crippen molar-refractivity contribution in [3.05, 3.63) is 69.7 Å². The molecule has 4 nitrogen and oxygen atoms in total. The summed E-state index contributed by atoms with van der Waals surface area (Å²) in [6.45, 7) is 2.26. The molecule has 0 aromatic heterocycles. The van der Waals surface area contributed by atoms with E-state index in [-0.39, 0.29) is 18.4 Å². The number of imide groups is 1. The molecule has 1 saturated heterocycles. The van der Waals surface area contributed by atoms with Crippen molar-refractivity contribution in [3.8, 4) is 0 Å². The molecule has 0 bridgehead atoms. The highest BCUT2D eigenvalue weighted by Crippen LogP contribution is 2.32. The summed E-state index contributed by atoms with van der Waals surface area (Å²) in [6, 6.07) is 12.8. The summed E-state index contributed by atoms with van der Waals surface area (Å²) in [5.74, 6) is -0.0196. The number of carbonyl (C=O) groups excluding carboxylic acids is 2. The van der Waals surface area contributed by atoms with E-state index in [0.717, 1.165) is 42.1 Å². The van der Waals surface area contributed by atoms with Crippen LogP contribution in [-0.2, 0) is 6.54 Å². The van der Waals surface area contributed by atoms with Gasteiger partial charge < -0.3 is 5.32 Å². The Morgan fingerprint density at radius 2 is 1.64 bits per heavy atom. The fourth-order valence-electron chi connectivity index (χ4n) is 3.70. The number of piperidine rings is 1. The summed E-state index contributed by atoms with van der Waals surface area (Å²) in [4.78, 5) is 26.4. The van der Waals surface area contributed by atoms with Gasteiger partial charge in [0, 0.05) is 5.02 Å². The van der Waals surface area contributed by atoms with E-state index >= 15 is 0 Å². The number of hydrogen-bond acceptors (Lipinski definition) is 3. The molecule has 2 aromatic rings. The second-order valence-electron chi connectivity index (χ2n) is 6.62. The van der Waals surface area contributed by atoms with Crippen LogP contribution in [0.3, 0.4) is 0 Å². The zero-order valence-corrected chi connectivity index (χ0v) is 14.6. The molecule has 1 N–H and O–H groups in total. The van der Waals surface area contributed by atoms with Crippen LogP contribution in [0.5, 0.6) is 0 Å². The molecule has 2 aliphatic rings. The van der Waals surface area contributed by atoms with Crippen LogP contribution in [0.25, 0.3) is 0 Å². The first-order chi connectivity index (χ1) is 12.1. The Hall–Kier alpha value is -2.17. The van der Waals surface area contributed by atoms with Gasteiger partial charge in [-0.1, -0.05) is 35.9 Å². The summed E-state index contributed by atoms with van der Waals surface area (Å²) < 4.78 is 0. The van der Waals surface area contributed by atoms with Crippen molar-refractivity contribution >= 4 is 23.4 Å². The highest BCUT2D eigenvalue weighted by molar-refractivity contribution is 6.31. The fraction of sp³-hybridized carbons (Fsp3) is 0.300. The molecule has 2 aromatic carbocycles. The molecule has 0 saturated carbocycles. The van der Waals surface area contributed by atoms with Crippen LogP contribution < -0.4 is 5.32 Å². The van der Waals surface area contributed by atoms with Gasteiger partial charge in [-0.2, -0.15) is 0 Å². The lowest BCUT2D eigenvalue weighted by molar-refractivity contribution is 0.0642. The van der Waals surface area contributed by atoms with Crippen molar-refractivity contribution in [2.24, 2.45) is 0 Å². The minimum absolute atomic E-state index is 0.223. The smallest absolute Gasteiger partial charge is 0.261 e. The Bertz CT molecular complexity index is 808. The number of halogens is 1. The number of fused-ring (bicyclic) bond motifs is 1. The highest BCUT2D eigenvalue weighted by atomic mass is 35.5. The second kappa shape index (κ2) is 6.62. The first-order valence-corrected chi connectivity index (χ1v) is 8.97. The average Bonchev–Trinajstić information content (AvgIpc) is 2.89. The molecule has 5 heteroatoms. The van der Waals surface area contributed by atoms with E-state index in [9.17, 15) is 9.59 Å². The third-order valence-corrected chi connectivity index (χ3v) is 5.40. The third kappa shape index (κ3) is 2.96. The van der Waals surface area contributed by atoms with Crippen LogP contribution in [-0.4, -0.2) is 29.8 Å². The normalized spacial score (nSPS) is 17.9. The number of carbonyl (C=O) groups is 2. The minimum Gasteiger partial charge on any atom is -0.317 e. The third-order valence-electron chi connectivity index (χ3n) is 5.06. The van der Waals surface area contributed by atoms with Crippen molar-refractivity contribution in [2.75, 3.05) is 13.1 Å². The summed E-state index contributed by atoms with van der Waals surface area (Å²) in [5, 5.41) is 4.12. The molecule has 0 atom stereocenters. The zero-order chi connectivity index (χ0) is 17.4. The molecule has 4 rings (SSSR count). The van der Waals surface area contributed by atoms with E-state index in [1.807, 2.05) is 12.1 Å². The molecule has 0 aliphatic carbocycles. The van der Waals surface area contributed by atoms with Crippen LogP contribution in [0.1, 0.15) is 50.6 Å². The Balaban J connectivity index is 1.59. The van der Waals surface area contributed by atoms with Gasteiger partial charge in [0.2, 0.25) is 0 Å². The molecule has 128 valence electrons. The van der Waals surface area contributed by atoms with Crippen LogP contribution in [0.4, 0.5) is 0 Å². The monoisotopic (exact) mass is 354 g/mol. The predicted molar refractivity (Wildman–Crippen MR) is 96.9 cm³/mol. The molecule has 2 amide bonds. The zero-order valence-electron chi connectivity index (χ0n) is 13.8. The van der Waals surface area contributed by atoms with Gasteiger partial charge in [0.05, 0.1) is 17.7 Å². The predicted octanol–water partition coefficient (Wildman–Crippen LogP) is 3.60. The van der Waals surface area contributed by atoms with Crippen LogP contribution in [0.15, 0.2) is 42.5 Å². The van der Waals surface area contributed by atoms with Gasteiger partial charge in [-0.15, -0.1) is 0 Å². The van der Waals surface area contributed by atoms with Gasteiger partial charge in [-0.25, -0.2) is 0 Å². The summed E-state index contributed by atoms with van der Waals surface area (Å²) in [5.41, 5.74) is 3.03. The lowest BCUT2D eigenvalue weighted by Gasteiger charge is -2.24. The largest absolute Gasteiger partial charge is 0.317 e. The van der Waals surface area contributed by atoms with Crippen LogP contribution in [0, 0.1) is 0 Å². The maximum atomic E-state index is 12.5. The van der Waals surface area contributed by atoms with E-state index in [2.05, 4.69) is 11.4 Å². The molecular weight excluding hydrogens is 336 g/mol. The lowest BCUT2D eigenvalue weighted by Crippen LogP contribution is -2.29. The van der Waals surface area contributed by atoms with Crippen molar-refractivity contribution < 1.29 is 9.59 Å². The summed E-state index contributed by atoms with van der Waals surface area (Å²) in [6.07, 6.45) is 2.10. The quantitative estimate of drug-likeness (QED) is 0.857. The van der Waals surface area contributed by atoms with E-state index in [1.54, 1.807) is 24.3 Å². The van der Waals surface area contributed by atoms with Crippen LogP contribution in [0.2, 0.25) is 5.02 Å². The number of benzene rings is 2. The second-order valence-corrected chi connectivity index (χ2v) is 7.03. The Morgan fingerprint density at radius 3 is 2.28 bits per heavy atom. The van der Waals surface area contributed by atoms with E-state index in [4.69, 9.17) is 11.6 Å². The number of hydrogen-bond donors (Lipinski definition) is 1. The van der Waals surface area contributed by atoms with E-state index in [0.29, 0.717) is 17.0 Å². The molecule has 0 unspecified atom stereocenters. The molecule has 0 radical (unpaired) electrons. The first-order valence-electron chi connectivity index (χ1n) is 8.59. The van der Waals surface area contributed by atoms with Gasteiger partial charge in [0.25, 0.3) is 11.8 Å². The average molecular weight is 355 g/mol. The standard InChI is InChI=1S/C20H19ClN2O2/c21-18-6-5-13(11-17(18)14-7-9-22-10-8-14)12-23-19(24)15-3-1-2-4-16(15)20(23)25/h1-6,11,14,22H,7-10,12H2. The van der Waals surface area contributed by atoms with Crippen molar-refractivity contribution in [3.63, 3.8) is 0 Å². The van der Waals surface area contributed by atoms with Gasteiger partial charge in [-0.3, -0.25) is 14.5 Å². The van der Waals surface area contributed by atoms with Crippen LogP contribution >= 0.6 is 11.6 Å².